The molecule has 0 fully saturated rings. The Bertz CT molecular complexity index is 1220. The molecule has 32 heavy (non-hydrogen) atoms. The molecule has 10 heteroatoms. The third kappa shape index (κ3) is 5.36. The number of fused-ring (bicyclic) bond motifs is 1. The van der Waals surface area contributed by atoms with Gasteiger partial charge < -0.3 is 15.0 Å². The van der Waals surface area contributed by atoms with Crippen molar-refractivity contribution in [2.24, 2.45) is 0 Å². The fourth-order valence-electron chi connectivity index (χ4n) is 3.00. The molecule has 0 bridgehead atoms. The zero-order valence-electron chi connectivity index (χ0n) is 17.4. The Morgan fingerprint density at radius 2 is 1.88 bits per heavy atom. The van der Waals surface area contributed by atoms with E-state index in [0.717, 1.165) is 20.0 Å². The van der Waals surface area contributed by atoms with Gasteiger partial charge in [-0.15, -0.1) is 0 Å². The highest BCUT2D eigenvalue weighted by Gasteiger charge is 2.20. The van der Waals surface area contributed by atoms with E-state index in [2.05, 4.69) is 42.2 Å². The lowest BCUT2D eigenvalue weighted by molar-refractivity contribution is -0.123. The minimum Gasteiger partial charge on any atom is -0.485 e. The first-order valence-corrected chi connectivity index (χ1v) is 11.8. The Hall–Kier alpha value is -1.87. The number of pyridine rings is 1. The van der Waals surface area contributed by atoms with Gasteiger partial charge in [0.15, 0.2) is 5.75 Å². The molecule has 1 heterocycles. The molecule has 0 aliphatic carbocycles. The van der Waals surface area contributed by atoms with Gasteiger partial charge in [0.1, 0.15) is 12.1 Å². The van der Waals surface area contributed by atoms with E-state index in [9.17, 15) is 9.59 Å². The van der Waals surface area contributed by atoms with Crippen LogP contribution in [0.3, 0.4) is 0 Å². The standard InChI is InChI=1S/C22H19Br2Cl2N3O3/c1-11-4-5-13-15(23)8-16(24)22(21(13)28-11)32-10-14-17(25)6-7-18(20(14)26)29(3)19(31)9-27-12(2)30/h4-8H,9-10H2,1-3H3,(H,27,30). The van der Waals surface area contributed by atoms with Gasteiger partial charge in [-0.25, -0.2) is 4.98 Å². The predicted molar refractivity (Wildman–Crippen MR) is 135 cm³/mol. The second-order valence-electron chi connectivity index (χ2n) is 7.03. The molecule has 1 N–H and O–H groups in total. The SMILES string of the molecule is CC(=O)NCC(=O)N(C)c1ccc(Cl)c(COc2c(Br)cc(Br)c3ccc(C)nc23)c1Cl. The van der Waals surface area contributed by atoms with E-state index in [4.69, 9.17) is 27.9 Å². The van der Waals surface area contributed by atoms with Crippen LogP contribution in [0.4, 0.5) is 5.69 Å². The predicted octanol–water partition coefficient (Wildman–Crippen LogP) is 6.05. The van der Waals surface area contributed by atoms with Crippen molar-refractivity contribution in [2.75, 3.05) is 18.5 Å². The van der Waals surface area contributed by atoms with Gasteiger partial charge >= 0.3 is 0 Å². The topological polar surface area (TPSA) is 71.5 Å². The van der Waals surface area contributed by atoms with Crippen molar-refractivity contribution < 1.29 is 14.3 Å². The van der Waals surface area contributed by atoms with Crippen molar-refractivity contribution in [1.82, 2.24) is 10.3 Å². The van der Waals surface area contributed by atoms with Gasteiger partial charge in [-0.3, -0.25) is 9.59 Å². The zero-order chi connectivity index (χ0) is 23.6. The second kappa shape index (κ2) is 10.4. The van der Waals surface area contributed by atoms with Gasteiger partial charge in [-0.2, -0.15) is 0 Å². The molecule has 2 amide bonds. The Balaban J connectivity index is 1.92. The summed E-state index contributed by atoms with van der Waals surface area (Å²) in [5.41, 5.74) is 2.53. The van der Waals surface area contributed by atoms with Gasteiger partial charge in [-0.1, -0.05) is 39.1 Å². The van der Waals surface area contributed by atoms with E-state index >= 15 is 0 Å². The average molecular weight is 604 g/mol. The number of nitrogens with zero attached hydrogens (tertiary/aromatic N) is 2. The molecule has 0 saturated carbocycles. The summed E-state index contributed by atoms with van der Waals surface area (Å²) in [5, 5.41) is 4.08. The molecule has 0 aliphatic heterocycles. The van der Waals surface area contributed by atoms with Crippen LogP contribution in [0.1, 0.15) is 18.2 Å². The number of aryl methyl sites for hydroxylation is 1. The first-order chi connectivity index (χ1) is 15.1. The largest absolute Gasteiger partial charge is 0.485 e. The Labute approximate surface area is 212 Å². The molecule has 3 rings (SSSR count). The normalized spacial score (nSPS) is 10.8. The highest BCUT2D eigenvalue weighted by molar-refractivity contribution is 9.11. The Morgan fingerprint density at radius 1 is 1.16 bits per heavy atom. The third-order valence-electron chi connectivity index (χ3n) is 4.73. The van der Waals surface area contributed by atoms with Crippen molar-refractivity contribution in [3.05, 3.63) is 60.6 Å². The van der Waals surface area contributed by atoms with E-state index in [1.807, 2.05) is 25.1 Å². The number of anilines is 1. The Morgan fingerprint density at radius 3 is 2.56 bits per heavy atom. The molecule has 6 nitrogen and oxygen atoms in total. The van der Waals surface area contributed by atoms with Gasteiger partial charge in [0.05, 0.1) is 21.7 Å². The van der Waals surface area contributed by atoms with Crippen molar-refractivity contribution in [2.45, 2.75) is 20.5 Å². The number of hydrogen-bond donors (Lipinski definition) is 1. The van der Waals surface area contributed by atoms with E-state index in [1.54, 1.807) is 19.2 Å². The molecule has 0 spiro atoms. The number of ether oxygens (including phenoxy) is 1. The molecule has 168 valence electrons. The van der Waals surface area contributed by atoms with E-state index in [1.165, 1.54) is 11.8 Å². The summed E-state index contributed by atoms with van der Waals surface area (Å²) in [5.74, 6) is -0.0590. The summed E-state index contributed by atoms with van der Waals surface area (Å²) >= 11 is 20.1. The smallest absolute Gasteiger partial charge is 0.246 e. The lowest BCUT2D eigenvalue weighted by Gasteiger charge is -2.21. The Kier molecular flexibility index (Phi) is 8.03. The van der Waals surface area contributed by atoms with Gasteiger partial charge in [-0.05, 0) is 53.2 Å². The van der Waals surface area contributed by atoms with Crippen LogP contribution >= 0.6 is 55.1 Å². The first-order valence-electron chi connectivity index (χ1n) is 9.46. The van der Waals surface area contributed by atoms with E-state index < -0.39 is 0 Å². The van der Waals surface area contributed by atoms with Crippen molar-refractivity contribution in [1.29, 1.82) is 0 Å². The number of benzene rings is 2. The number of carbonyl (C=O) groups is 2. The van der Waals surface area contributed by atoms with Crippen LogP contribution in [0.5, 0.6) is 5.75 Å². The van der Waals surface area contributed by atoms with Crippen LogP contribution in [-0.4, -0.2) is 30.4 Å². The quantitative estimate of drug-likeness (QED) is 0.372. The maximum absolute atomic E-state index is 12.4. The highest BCUT2D eigenvalue weighted by Crippen LogP contribution is 2.40. The molecule has 3 aromatic rings. The minimum atomic E-state index is -0.322. The number of likely N-dealkylation sites (N-methyl/N-ethyl adjacent to an activating group) is 1. The molecule has 0 unspecified atom stereocenters. The van der Waals surface area contributed by atoms with Crippen LogP contribution in [0.2, 0.25) is 10.0 Å². The monoisotopic (exact) mass is 601 g/mol. The number of amides is 2. The molecule has 1 aromatic heterocycles. The second-order valence-corrected chi connectivity index (χ2v) is 9.52. The minimum absolute atomic E-state index is 0.0597. The van der Waals surface area contributed by atoms with Gasteiger partial charge in [0, 0.05) is 40.1 Å². The highest BCUT2D eigenvalue weighted by atomic mass is 79.9. The van der Waals surface area contributed by atoms with Crippen LogP contribution in [0, 0.1) is 6.92 Å². The molecule has 0 saturated heterocycles. The molecule has 2 aromatic carbocycles. The molecular formula is C22H19Br2Cl2N3O3. The molecular weight excluding hydrogens is 585 g/mol. The van der Waals surface area contributed by atoms with Gasteiger partial charge in [0.2, 0.25) is 11.8 Å². The average Bonchev–Trinajstić information content (AvgIpc) is 2.73. The fraction of sp³-hybridized carbons (Fsp3) is 0.227. The summed E-state index contributed by atoms with van der Waals surface area (Å²) in [4.78, 5) is 29.5. The maximum atomic E-state index is 12.4. The van der Waals surface area contributed by atoms with E-state index in [0.29, 0.717) is 27.5 Å². The molecule has 0 aliphatic rings. The zero-order valence-corrected chi connectivity index (χ0v) is 22.1. The fourth-order valence-corrected chi connectivity index (χ4v) is 5.00. The number of halogens is 4. The van der Waals surface area contributed by atoms with Crippen LogP contribution in [-0.2, 0) is 16.2 Å². The third-order valence-corrected chi connectivity index (χ3v) is 6.75. The first kappa shape index (κ1) is 24.8. The summed E-state index contributed by atoms with van der Waals surface area (Å²) in [6.45, 7) is 3.17. The number of aromatic nitrogens is 1. The number of hydrogen-bond acceptors (Lipinski definition) is 4. The number of rotatable bonds is 6. The molecule has 0 radical (unpaired) electrons. The summed E-state index contributed by atoms with van der Waals surface area (Å²) in [6.07, 6.45) is 0. The number of nitrogens with one attached hydrogen (secondary N) is 1. The van der Waals surface area contributed by atoms with Crippen LogP contribution in [0.25, 0.3) is 10.9 Å². The van der Waals surface area contributed by atoms with Crippen molar-refractivity contribution in [3.63, 3.8) is 0 Å². The molecule has 0 atom stereocenters. The lowest BCUT2D eigenvalue weighted by atomic mass is 10.1. The van der Waals surface area contributed by atoms with E-state index in [-0.39, 0.29) is 30.0 Å². The van der Waals surface area contributed by atoms with Crippen molar-refractivity contribution in [3.8, 4) is 5.75 Å². The lowest BCUT2D eigenvalue weighted by Crippen LogP contribution is -2.37. The summed E-state index contributed by atoms with van der Waals surface area (Å²) in [6, 6.07) is 9.09. The summed E-state index contributed by atoms with van der Waals surface area (Å²) < 4.78 is 7.73. The number of carbonyl (C=O) groups excluding carboxylic acids is 2. The van der Waals surface area contributed by atoms with Crippen LogP contribution in [0.15, 0.2) is 39.3 Å². The van der Waals surface area contributed by atoms with Crippen LogP contribution < -0.4 is 15.0 Å². The van der Waals surface area contributed by atoms with Crippen molar-refractivity contribution >= 4 is 83.5 Å². The van der Waals surface area contributed by atoms with Gasteiger partial charge in [0.25, 0.3) is 0 Å². The maximum Gasteiger partial charge on any atom is 0.246 e. The summed E-state index contributed by atoms with van der Waals surface area (Å²) in [7, 11) is 1.58.